The summed E-state index contributed by atoms with van der Waals surface area (Å²) < 4.78 is 27.7. The minimum atomic E-state index is -3.53. The van der Waals surface area contributed by atoms with Crippen LogP contribution in [0.15, 0.2) is 42.5 Å². The standard InChI is InChI=1S/C20H24N2O3S/c1-3-20(23)22-11-5-8-17-9-10-18(13-19(17)22)21-26(24,25)14-16-7-4-6-15(2)12-16/h4,6-7,9-10,12-13,21H,3,5,8,11,14H2,1-2H3. The van der Waals surface area contributed by atoms with Gasteiger partial charge in [-0.25, -0.2) is 8.42 Å². The molecular formula is C20H24N2O3S. The zero-order valence-corrected chi connectivity index (χ0v) is 16.0. The molecule has 1 aliphatic heterocycles. The predicted octanol–water partition coefficient (Wildman–Crippen LogP) is 3.63. The number of rotatable bonds is 5. The van der Waals surface area contributed by atoms with E-state index in [1.807, 2.05) is 38.1 Å². The zero-order chi connectivity index (χ0) is 18.7. The molecule has 0 atom stereocenters. The summed E-state index contributed by atoms with van der Waals surface area (Å²) in [6.45, 7) is 4.45. The molecule has 0 aromatic heterocycles. The summed E-state index contributed by atoms with van der Waals surface area (Å²) in [7, 11) is -3.53. The van der Waals surface area contributed by atoms with Gasteiger partial charge in [-0.2, -0.15) is 0 Å². The van der Waals surface area contributed by atoms with E-state index in [0.717, 1.165) is 35.2 Å². The summed E-state index contributed by atoms with van der Waals surface area (Å²) >= 11 is 0. The van der Waals surface area contributed by atoms with Gasteiger partial charge in [-0.3, -0.25) is 9.52 Å². The number of carbonyl (C=O) groups excluding carboxylic acids is 1. The highest BCUT2D eigenvalue weighted by molar-refractivity contribution is 7.91. The normalized spacial score (nSPS) is 14.0. The number of nitrogens with one attached hydrogen (secondary N) is 1. The molecule has 1 heterocycles. The number of carbonyl (C=O) groups is 1. The highest BCUT2D eigenvalue weighted by Crippen LogP contribution is 2.31. The van der Waals surface area contributed by atoms with E-state index in [-0.39, 0.29) is 11.7 Å². The lowest BCUT2D eigenvalue weighted by Gasteiger charge is -2.29. The molecule has 0 spiro atoms. The van der Waals surface area contributed by atoms with Gasteiger partial charge in [0.25, 0.3) is 0 Å². The number of sulfonamides is 1. The molecule has 138 valence electrons. The first-order valence-electron chi connectivity index (χ1n) is 8.87. The van der Waals surface area contributed by atoms with Crippen LogP contribution in [0.3, 0.4) is 0 Å². The third-order valence-corrected chi connectivity index (χ3v) is 5.78. The Hall–Kier alpha value is -2.34. The molecule has 0 bridgehead atoms. The van der Waals surface area contributed by atoms with Crippen molar-refractivity contribution in [2.45, 2.75) is 38.9 Å². The van der Waals surface area contributed by atoms with E-state index in [1.165, 1.54) is 0 Å². The average molecular weight is 372 g/mol. The Morgan fingerprint density at radius 2 is 2.00 bits per heavy atom. The molecule has 1 amide bonds. The molecule has 5 nitrogen and oxygen atoms in total. The van der Waals surface area contributed by atoms with Crippen LogP contribution in [0.1, 0.15) is 36.5 Å². The first kappa shape index (κ1) is 18.5. The van der Waals surface area contributed by atoms with Gasteiger partial charge in [0.15, 0.2) is 0 Å². The molecule has 2 aromatic rings. The zero-order valence-electron chi connectivity index (χ0n) is 15.2. The van der Waals surface area contributed by atoms with Crippen LogP contribution in [-0.4, -0.2) is 20.9 Å². The second kappa shape index (κ2) is 7.50. The van der Waals surface area contributed by atoms with Crippen LogP contribution in [-0.2, 0) is 27.0 Å². The molecular weight excluding hydrogens is 348 g/mol. The monoisotopic (exact) mass is 372 g/mol. The van der Waals surface area contributed by atoms with Crippen molar-refractivity contribution in [2.24, 2.45) is 0 Å². The average Bonchev–Trinajstić information content (AvgIpc) is 2.59. The van der Waals surface area contributed by atoms with Crippen molar-refractivity contribution in [3.05, 3.63) is 59.2 Å². The maximum Gasteiger partial charge on any atom is 0.236 e. The molecule has 0 aliphatic carbocycles. The third kappa shape index (κ3) is 4.25. The third-order valence-electron chi connectivity index (χ3n) is 4.52. The summed E-state index contributed by atoms with van der Waals surface area (Å²) in [5.74, 6) is -0.0191. The second-order valence-electron chi connectivity index (χ2n) is 6.70. The van der Waals surface area contributed by atoms with Gasteiger partial charge in [0.05, 0.1) is 11.4 Å². The number of amides is 1. The van der Waals surface area contributed by atoms with E-state index in [1.54, 1.807) is 23.1 Å². The first-order valence-corrected chi connectivity index (χ1v) is 10.5. The van der Waals surface area contributed by atoms with E-state index < -0.39 is 10.0 Å². The fourth-order valence-corrected chi connectivity index (χ4v) is 4.50. The van der Waals surface area contributed by atoms with Crippen molar-refractivity contribution in [3.63, 3.8) is 0 Å². The van der Waals surface area contributed by atoms with Crippen molar-refractivity contribution in [2.75, 3.05) is 16.2 Å². The number of nitrogens with zero attached hydrogens (tertiary/aromatic N) is 1. The Morgan fingerprint density at radius 3 is 2.73 bits per heavy atom. The van der Waals surface area contributed by atoms with E-state index >= 15 is 0 Å². The van der Waals surface area contributed by atoms with Gasteiger partial charge < -0.3 is 4.90 Å². The minimum Gasteiger partial charge on any atom is -0.312 e. The molecule has 0 saturated carbocycles. The van der Waals surface area contributed by atoms with Gasteiger partial charge in [-0.1, -0.05) is 42.8 Å². The van der Waals surface area contributed by atoms with Crippen LogP contribution in [0.4, 0.5) is 11.4 Å². The summed E-state index contributed by atoms with van der Waals surface area (Å²) in [6.07, 6.45) is 2.26. The van der Waals surface area contributed by atoms with Crippen LogP contribution in [0.25, 0.3) is 0 Å². The van der Waals surface area contributed by atoms with Gasteiger partial charge in [0, 0.05) is 18.7 Å². The van der Waals surface area contributed by atoms with Crippen molar-refractivity contribution < 1.29 is 13.2 Å². The van der Waals surface area contributed by atoms with Gasteiger partial charge >= 0.3 is 0 Å². The van der Waals surface area contributed by atoms with E-state index in [2.05, 4.69) is 4.72 Å². The number of hydrogen-bond acceptors (Lipinski definition) is 3. The largest absolute Gasteiger partial charge is 0.312 e. The topological polar surface area (TPSA) is 66.5 Å². The lowest BCUT2D eigenvalue weighted by Crippen LogP contribution is -2.35. The smallest absolute Gasteiger partial charge is 0.236 e. The molecule has 0 saturated heterocycles. The Labute approximate surface area is 155 Å². The molecule has 26 heavy (non-hydrogen) atoms. The molecule has 3 rings (SSSR count). The number of aryl methyl sites for hydroxylation is 2. The van der Waals surface area contributed by atoms with Crippen molar-refractivity contribution in [1.82, 2.24) is 0 Å². The van der Waals surface area contributed by atoms with E-state index in [0.29, 0.717) is 18.7 Å². The maximum atomic E-state index is 12.5. The first-order chi connectivity index (χ1) is 12.4. The summed E-state index contributed by atoms with van der Waals surface area (Å²) in [6, 6.07) is 12.9. The minimum absolute atomic E-state index is 0.0608. The van der Waals surface area contributed by atoms with Crippen molar-refractivity contribution >= 4 is 27.3 Å². The lowest BCUT2D eigenvalue weighted by molar-refractivity contribution is -0.118. The summed E-state index contributed by atoms with van der Waals surface area (Å²) in [4.78, 5) is 13.9. The van der Waals surface area contributed by atoms with Gasteiger partial charge in [0.2, 0.25) is 15.9 Å². The highest BCUT2D eigenvalue weighted by atomic mass is 32.2. The predicted molar refractivity (Wildman–Crippen MR) is 105 cm³/mol. The Bertz CT molecular complexity index is 922. The quantitative estimate of drug-likeness (QED) is 0.872. The molecule has 1 aliphatic rings. The molecule has 0 radical (unpaired) electrons. The van der Waals surface area contributed by atoms with Gasteiger partial charge in [-0.15, -0.1) is 0 Å². The van der Waals surface area contributed by atoms with Crippen LogP contribution in [0, 0.1) is 6.92 Å². The van der Waals surface area contributed by atoms with Crippen LogP contribution in [0.2, 0.25) is 0 Å². The second-order valence-corrected chi connectivity index (χ2v) is 8.42. The summed E-state index contributed by atoms with van der Waals surface area (Å²) in [5.41, 5.74) is 4.17. The Kier molecular flexibility index (Phi) is 5.32. The summed E-state index contributed by atoms with van der Waals surface area (Å²) in [5, 5.41) is 0. The number of anilines is 2. The van der Waals surface area contributed by atoms with Crippen LogP contribution >= 0.6 is 0 Å². The molecule has 6 heteroatoms. The fraction of sp³-hybridized carbons (Fsp3) is 0.350. The number of hydrogen-bond donors (Lipinski definition) is 1. The van der Waals surface area contributed by atoms with Crippen LogP contribution < -0.4 is 9.62 Å². The number of benzene rings is 2. The lowest BCUT2D eigenvalue weighted by atomic mass is 10.0. The molecule has 0 unspecified atom stereocenters. The SMILES string of the molecule is CCC(=O)N1CCCc2ccc(NS(=O)(=O)Cc3cccc(C)c3)cc21. The Balaban J connectivity index is 1.83. The fourth-order valence-electron chi connectivity index (χ4n) is 3.32. The highest BCUT2D eigenvalue weighted by Gasteiger charge is 2.22. The number of fused-ring (bicyclic) bond motifs is 1. The van der Waals surface area contributed by atoms with Crippen molar-refractivity contribution in [3.8, 4) is 0 Å². The maximum absolute atomic E-state index is 12.5. The van der Waals surface area contributed by atoms with E-state index in [4.69, 9.17) is 0 Å². The Morgan fingerprint density at radius 1 is 1.19 bits per heavy atom. The van der Waals surface area contributed by atoms with E-state index in [9.17, 15) is 13.2 Å². The molecule has 0 fully saturated rings. The van der Waals surface area contributed by atoms with Gasteiger partial charge in [-0.05, 0) is 43.0 Å². The molecule has 1 N–H and O–H groups in total. The van der Waals surface area contributed by atoms with Crippen LogP contribution in [0.5, 0.6) is 0 Å². The van der Waals surface area contributed by atoms with Crippen molar-refractivity contribution in [1.29, 1.82) is 0 Å². The van der Waals surface area contributed by atoms with Gasteiger partial charge in [0.1, 0.15) is 0 Å². The molecule has 2 aromatic carbocycles.